The van der Waals surface area contributed by atoms with Gasteiger partial charge in [-0.15, -0.1) is 0 Å². The van der Waals surface area contributed by atoms with Crippen LogP contribution in [0.1, 0.15) is 31.2 Å². The van der Waals surface area contributed by atoms with E-state index in [-0.39, 0.29) is 6.10 Å². The Morgan fingerprint density at radius 1 is 1.39 bits per heavy atom. The van der Waals surface area contributed by atoms with Crippen LogP contribution in [0.15, 0.2) is 18.3 Å². The molecule has 1 aromatic heterocycles. The molecule has 0 saturated carbocycles. The molecule has 1 N–H and O–H groups in total. The van der Waals surface area contributed by atoms with Crippen molar-refractivity contribution in [1.82, 2.24) is 9.88 Å². The highest BCUT2D eigenvalue weighted by molar-refractivity contribution is 5.25. The molecule has 2 saturated heterocycles. The Labute approximate surface area is 108 Å². The molecule has 2 unspecified atom stereocenters. The Kier molecular flexibility index (Phi) is 3.22. The number of ether oxygens (including phenoxy) is 1. The molecular weight excluding hydrogens is 228 g/mol. The molecule has 4 nitrogen and oxygen atoms in total. The molecule has 2 aliphatic heterocycles. The summed E-state index contributed by atoms with van der Waals surface area (Å²) in [4.78, 5) is 6.77. The smallest absolute Gasteiger partial charge is 0.217 e. The lowest BCUT2D eigenvalue weighted by molar-refractivity contribution is 0.0306. The Balaban J connectivity index is 1.77. The Bertz CT molecular complexity index is 410. The minimum Gasteiger partial charge on any atom is -0.481 e. The van der Waals surface area contributed by atoms with Crippen LogP contribution in [0.5, 0.6) is 5.88 Å². The molecule has 0 amide bonds. The third-order valence-electron chi connectivity index (χ3n) is 4.26. The Morgan fingerprint density at radius 3 is 2.78 bits per heavy atom. The van der Waals surface area contributed by atoms with E-state index < -0.39 is 0 Å². The van der Waals surface area contributed by atoms with Gasteiger partial charge in [-0.3, -0.25) is 4.90 Å². The second-order valence-corrected chi connectivity index (χ2v) is 5.35. The first-order chi connectivity index (χ1) is 8.78. The molecule has 0 aromatic carbocycles. The molecule has 98 valence electrons. The van der Waals surface area contributed by atoms with Gasteiger partial charge in [0, 0.05) is 30.4 Å². The number of nitrogens with zero attached hydrogens (tertiary/aromatic N) is 2. The average Bonchev–Trinajstić information content (AvgIpc) is 2.62. The van der Waals surface area contributed by atoms with Gasteiger partial charge in [0.1, 0.15) is 0 Å². The van der Waals surface area contributed by atoms with Gasteiger partial charge in [0.2, 0.25) is 5.88 Å². The molecule has 2 aliphatic rings. The maximum atomic E-state index is 9.81. The predicted molar refractivity (Wildman–Crippen MR) is 68.4 cm³/mol. The van der Waals surface area contributed by atoms with E-state index >= 15 is 0 Å². The van der Waals surface area contributed by atoms with Crippen molar-refractivity contribution in [3.05, 3.63) is 23.9 Å². The highest BCUT2D eigenvalue weighted by atomic mass is 16.5. The quantitative estimate of drug-likeness (QED) is 0.882. The lowest BCUT2D eigenvalue weighted by Crippen LogP contribution is -2.44. The van der Waals surface area contributed by atoms with Crippen molar-refractivity contribution in [2.75, 3.05) is 7.11 Å². The number of aliphatic hydroxyl groups is 1. The van der Waals surface area contributed by atoms with E-state index in [2.05, 4.69) is 16.0 Å². The molecule has 0 radical (unpaired) electrons. The van der Waals surface area contributed by atoms with Gasteiger partial charge in [-0.2, -0.15) is 0 Å². The SMILES string of the molecule is COc1ncccc1CN1C2CCC1CC(O)C2. The van der Waals surface area contributed by atoms with Crippen molar-refractivity contribution in [2.45, 2.75) is 50.4 Å². The van der Waals surface area contributed by atoms with Crippen molar-refractivity contribution in [2.24, 2.45) is 0 Å². The fourth-order valence-corrected chi connectivity index (χ4v) is 3.43. The summed E-state index contributed by atoms with van der Waals surface area (Å²) >= 11 is 0. The van der Waals surface area contributed by atoms with Crippen molar-refractivity contribution in [1.29, 1.82) is 0 Å². The topological polar surface area (TPSA) is 45.6 Å². The number of pyridine rings is 1. The minimum absolute atomic E-state index is 0.102. The number of hydrogen-bond donors (Lipinski definition) is 1. The largest absolute Gasteiger partial charge is 0.481 e. The number of hydrogen-bond acceptors (Lipinski definition) is 4. The molecular formula is C14H20N2O2. The van der Waals surface area contributed by atoms with Gasteiger partial charge in [0.25, 0.3) is 0 Å². The highest BCUT2D eigenvalue weighted by Crippen LogP contribution is 2.37. The van der Waals surface area contributed by atoms with Gasteiger partial charge in [-0.25, -0.2) is 4.98 Å². The summed E-state index contributed by atoms with van der Waals surface area (Å²) in [6, 6.07) is 5.10. The Hall–Kier alpha value is -1.13. The molecule has 4 heteroatoms. The zero-order valence-corrected chi connectivity index (χ0v) is 10.7. The first-order valence-electron chi connectivity index (χ1n) is 6.69. The molecule has 3 heterocycles. The maximum absolute atomic E-state index is 9.81. The molecule has 0 spiro atoms. The van der Waals surface area contributed by atoms with Crippen molar-refractivity contribution < 1.29 is 9.84 Å². The number of methoxy groups -OCH3 is 1. The molecule has 2 fully saturated rings. The molecule has 18 heavy (non-hydrogen) atoms. The number of aromatic nitrogens is 1. The van der Waals surface area contributed by atoms with Crippen LogP contribution in [0.4, 0.5) is 0 Å². The maximum Gasteiger partial charge on any atom is 0.217 e. The van der Waals surface area contributed by atoms with Gasteiger partial charge in [-0.05, 0) is 31.7 Å². The van der Waals surface area contributed by atoms with E-state index in [1.807, 2.05) is 6.07 Å². The monoisotopic (exact) mass is 248 g/mol. The minimum atomic E-state index is -0.102. The molecule has 2 bridgehead atoms. The number of fused-ring (bicyclic) bond motifs is 2. The second kappa shape index (κ2) is 4.86. The first kappa shape index (κ1) is 11.9. The molecule has 1 aromatic rings. The van der Waals surface area contributed by atoms with Crippen LogP contribution in [0, 0.1) is 0 Å². The average molecular weight is 248 g/mol. The fraction of sp³-hybridized carbons (Fsp3) is 0.643. The van der Waals surface area contributed by atoms with Crippen LogP contribution in [-0.2, 0) is 6.54 Å². The van der Waals surface area contributed by atoms with Gasteiger partial charge >= 0.3 is 0 Å². The summed E-state index contributed by atoms with van der Waals surface area (Å²) in [6.45, 7) is 0.888. The number of piperidine rings is 1. The standard InChI is InChI=1S/C14H20N2O2/c1-18-14-10(3-2-6-15-14)9-16-11-4-5-12(16)8-13(17)7-11/h2-3,6,11-13,17H,4-5,7-9H2,1H3. The molecule has 2 atom stereocenters. The van der Waals surface area contributed by atoms with Gasteiger partial charge in [0.15, 0.2) is 0 Å². The fourth-order valence-electron chi connectivity index (χ4n) is 3.43. The third-order valence-corrected chi connectivity index (χ3v) is 4.26. The van der Waals surface area contributed by atoms with Crippen molar-refractivity contribution in [3.63, 3.8) is 0 Å². The number of rotatable bonds is 3. The summed E-state index contributed by atoms with van der Waals surface area (Å²) in [5.41, 5.74) is 1.15. The van der Waals surface area contributed by atoms with Crippen LogP contribution >= 0.6 is 0 Å². The predicted octanol–water partition coefficient (Wildman–Crippen LogP) is 1.58. The first-order valence-corrected chi connectivity index (χ1v) is 6.69. The highest BCUT2D eigenvalue weighted by Gasteiger charge is 2.40. The summed E-state index contributed by atoms with van der Waals surface area (Å²) < 4.78 is 5.31. The van der Waals surface area contributed by atoms with Crippen LogP contribution in [0.3, 0.4) is 0 Å². The van der Waals surface area contributed by atoms with Gasteiger partial charge in [0.05, 0.1) is 13.2 Å². The summed E-state index contributed by atoms with van der Waals surface area (Å²) in [7, 11) is 1.67. The van der Waals surface area contributed by atoms with E-state index in [4.69, 9.17) is 4.74 Å². The second-order valence-electron chi connectivity index (χ2n) is 5.35. The Morgan fingerprint density at radius 2 is 2.11 bits per heavy atom. The zero-order chi connectivity index (χ0) is 12.5. The van der Waals surface area contributed by atoms with E-state index in [1.165, 1.54) is 12.8 Å². The van der Waals surface area contributed by atoms with Gasteiger partial charge in [-0.1, -0.05) is 6.07 Å². The summed E-state index contributed by atoms with van der Waals surface area (Å²) in [5, 5.41) is 9.81. The van der Waals surface area contributed by atoms with Crippen LogP contribution in [0.25, 0.3) is 0 Å². The summed E-state index contributed by atoms with van der Waals surface area (Å²) in [5.74, 6) is 0.725. The van der Waals surface area contributed by atoms with Crippen molar-refractivity contribution in [3.8, 4) is 5.88 Å². The number of aliphatic hydroxyl groups excluding tert-OH is 1. The van der Waals surface area contributed by atoms with Crippen LogP contribution in [0.2, 0.25) is 0 Å². The van der Waals surface area contributed by atoms with E-state index in [0.29, 0.717) is 12.1 Å². The summed E-state index contributed by atoms with van der Waals surface area (Å²) in [6.07, 6.45) is 5.92. The lowest BCUT2D eigenvalue weighted by Gasteiger charge is -2.37. The van der Waals surface area contributed by atoms with Gasteiger partial charge < -0.3 is 9.84 Å². The van der Waals surface area contributed by atoms with E-state index in [9.17, 15) is 5.11 Å². The zero-order valence-electron chi connectivity index (χ0n) is 10.7. The van der Waals surface area contributed by atoms with Crippen LogP contribution < -0.4 is 4.74 Å². The van der Waals surface area contributed by atoms with E-state index in [1.54, 1.807) is 13.3 Å². The lowest BCUT2D eigenvalue weighted by atomic mass is 9.99. The third kappa shape index (κ3) is 2.10. The van der Waals surface area contributed by atoms with E-state index in [0.717, 1.165) is 30.8 Å². The van der Waals surface area contributed by atoms with Crippen LogP contribution in [-0.4, -0.2) is 40.3 Å². The molecule has 3 rings (SSSR count). The molecule has 0 aliphatic carbocycles. The van der Waals surface area contributed by atoms with Crippen molar-refractivity contribution >= 4 is 0 Å². The normalized spacial score (nSPS) is 31.6.